The highest BCUT2D eigenvalue weighted by Gasteiger charge is 2.15. The molecule has 0 amide bonds. The maximum Gasteiger partial charge on any atom is 0.00388 e. The molecule has 0 aromatic rings. The van der Waals surface area contributed by atoms with Gasteiger partial charge in [0.25, 0.3) is 0 Å². The van der Waals surface area contributed by atoms with Crippen molar-refractivity contribution in [1.82, 2.24) is 0 Å². The van der Waals surface area contributed by atoms with E-state index in [9.17, 15) is 0 Å². The predicted octanol–water partition coefficient (Wildman–Crippen LogP) is 6.95. The van der Waals surface area contributed by atoms with Crippen LogP contribution >= 0.6 is 0 Å². The summed E-state index contributed by atoms with van der Waals surface area (Å²) in [6, 6.07) is 1.01. The van der Waals surface area contributed by atoms with Gasteiger partial charge < -0.3 is 11.5 Å². The third kappa shape index (κ3) is 15.9. The van der Waals surface area contributed by atoms with Crippen LogP contribution in [0.5, 0.6) is 0 Å². The molecule has 0 aromatic carbocycles. The van der Waals surface area contributed by atoms with Crippen molar-refractivity contribution >= 4 is 0 Å². The first kappa shape index (κ1) is 24.9. The van der Waals surface area contributed by atoms with Crippen molar-refractivity contribution in [1.29, 1.82) is 0 Å². The smallest absolute Gasteiger partial charge is 0.00388 e. The van der Waals surface area contributed by atoms with Crippen LogP contribution in [0.1, 0.15) is 130 Å². The molecule has 0 spiro atoms. The summed E-state index contributed by atoms with van der Waals surface area (Å²) in [6.07, 6.45) is 23.8. The van der Waals surface area contributed by atoms with Gasteiger partial charge in [-0.15, -0.1) is 0 Å². The summed E-state index contributed by atoms with van der Waals surface area (Å²) >= 11 is 0. The Morgan fingerprint density at radius 1 is 0.680 bits per heavy atom. The number of rotatable bonds is 3. The van der Waals surface area contributed by atoms with Gasteiger partial charge in [0.2, 0.25) is 0 Å². The molecule has 25 heavy (non-hydrogen) atoms. The fraction of sp³-hybridized carbons (Fsp3) is 1.00. The summed E-state index contributed by atoms with van der Waals surface area (Å²) < 4.78 is 0. The summed E-state index contributed by atoms with van der Waals surface area (Å²) in [5.41, 5.74) is 11.5. The Labute approximate surface area is 159 Å². The Morgan fingerprint density at radius 2 is 1.04 bits per heavy atom. The van der Waals surface area contributed by atoms with Gasteiger partial charge in [0.15, 0.2) is 0 Å². The third-order valence-corrected chi connectivity index (χ3v) is 5.79. The van der Waals surface area contributed by atoms with Crippen molar-refractivity contribution in [3.05, 3.63) is 0 Å². The van der Waals surface area contributed by atoms with E-state index in [1.165, 1.54) is 103 Å². The zero-order chi connectivity index (χ0) is 18.8. The standard InChI is InChI=1S/C10H21N.C6H13N.C5H10.C2H6/c1-2-10(11)8-9-6-4-3-5-7-9;7-6-4-2-1-3-5-6;1-2-4-5-3-1;1-2/h9-10H,2-8,11H2,1H3;6H,1-5,7H2;1-5H2;1-2H3/t10-;;;/m0.../s1. The molecule has 2 heteroatoms. The zero-order valence-corrected chi connectivity index (χ0v) is 17.9. The Hall–Kier alpha value is -0.0800. The number of hydrogen-bond donors (Lipinski definition) is 2. The molecule has 3 saturated carbocycles. The third-order valence-electron chi connectivity index (χ3n) is 5.79. The lowest BCUT2D eigenvalue weighted by Gasteiger charge is -2.23. The molecule has 0 heterocycles. The molecule has 0 bridgehead atoms. The molecule has 2 nitrogen and oxygen atoms in total. The monoisotopic (exact) mass is 354 g/mol. The maximum atomic E-state index is 5.90. The van der Waals surface area contributed by atoms with Crippen LogP contribution in [0, 0.1) is 5.92 Å². The van der Waals surface area contributed by atoms with Crippen molar-refractivity contribution in [3.63, 3.8) is 0 Å². The summed E-state index contributed by atoms with van der Waals surface area (Å²) in [4.78, 5) is 0. The quantitative estimate of drug-likeness (QED) is 0.576. The summed E-state index contributed by atoms with van der Waals surface area (Å²) in [5, 5.41) is 0. The highest BCUT2D eigenvalue weighted by molar-refractivity contribution is 4.71. The van der Waals surface area contributed by atoms with Gasteiger partial charge in [-0.3, -0.25) is 0 Å². The highest BCUT2D eigenvalue weighted by atomic mass is 14.6. The second-order valence-electron chi connectivity index (χ2n) is 8.07. The molecule has 0 aliphatic heterocycles. The van der Waals surface area contributed by atoms with E-state index in [1.807, 2.05) is 13.8 Å². The van der Waals surface area contributed by atoms with E-state index in [4.69, 9.17) is 11.5 Å². The van der Waals surface area contributed by atoms with E-state index in [1.54, 1.807) is 0 Å². The van der Waals surface area contributed by atoms with Crippen LogP contribution in [0.3, 0.4) is 0 Å². The lowest BCUT2D eigenvalue weighted by Crippen LogP contribution is -2.23. The second-order valence-corrected chi connectivity index (χ2v) is 8.07. The maximum absolute atomic E-state index is 5.90. The molecule has 152 valence electrons. The van der Waals surface area contributed by atoms with Crippen molar-refractivity contribution < 1.29 is 0 Å². The van der Waals surface area contributed by atoms with Crippen LogP contribution in [-0.4, -0.2) is 12.1 Å². The average molecular weight is 355 g/mol. The predicted molar refractivity (Wildman–Crippen MR) is 115 cm³/mol. The Kier molecular flexibility index (Phi) is 18.6. The summed E-state index contributed by atoms with van der Waals surface area (Å²) in [6.45, 7) is 6.19. The summed E-state index contributed by atoms with van der Waals surface area (Å²) in [5.74, 6) is 0.957. The van der Waals surface area contributed by atoms with Crippen LogP contribution < -0.4 is 11.5 Å². The fourth-order valence-corrected chi connectivity index (χ4v) is 4.04. The highest BCUT2D eigenvalue weighted by Crippen LogP contribution is 2.27. The van der Waals surface area contributed by atoms with Crippen molar-refractivity contribution in [2.75, 3.05) is 0 Å². The SMILES string of the molecule is C1CCCC1.CC.CC[C@H](N)CC1CCCCC1.NC1CCCCC1. The van der Waals surface area contributed by atoms with Crippen LogP contribution in [0.25, 0.3) is 0 Å². The Balaban J connectivity index is 0.000000352. The number of nitrogens with two attached hydrogens (primary N) is 2. The van der Waals surface area contributed by atoms with Gasteiger partial charge in [0, 0.05) is 12.1 Å². The number of hydrogen-bond acceptors (Lipinski definition) is 2. The van der Waals surface area contributed by atoms with E-state index in [2.05, 4.69) is 6.92 Å². The first-order valence-electron chi connectivity index (χ1n) is 11.7. The molecule has 3 aliphatic carbocycles. The van der Waals surface area contributed by atoms with Gasteiger partial charge >= 0.3 is 0 Å². The molecule has 1 atom stereocenters. The molecule has 4 N–H and O–H groups in total. The molecule has 0 radical (unpaired) electrons. The van der Waals surface area contributed by atoms with E-state index < -0.39 is 0 Å². The van der Waals surface area contributed by atoms with Crippen molar-refractivity contribution in [2.45, 2.75) is 142 Å². The lowest BCUT2D eigenvalue weighted by molar-refractivity contribution is 0.315. The van der Waals surface area contributed by atoms with Gasteiger partial charge in [-0.05, 0) is 31.6 Å². The normalized spacial score (nSPS) is 22.4. The minimum absolute atomic E-state index is 0.470. The topological polar surface area (TPSA) is 52.0 Å². The lowest BCUT2D eigenvalue weighted by atomic mass is 9.84. The average Bonchev–Trinajstić information content (AvgIpc) is 3.25. The van der Waals surface area contributed by atoms with Crippen molar-refractivity contribution in [3.8, 4) is 0 Å². The van der Waals surface area contributed by atoms with Gasteiger partial charge in [-0.2, -0.15) is 0 Å². The minimum atomic E-state index is 0.470. The molecular weight excluding hydrogens is 304 g/mol. The molecule has 3 fully saturated rings. The summed E-state index contributed by atoms with van der Waals surface area (Å²) in [7, 11) is 0. The Morgan fingerprint density at radius 3 is 1.36 bits per heavy atom. The van der Waals surface area contributed by atoms with Crippen LogP contribution in [-0.2, 0) is 0 Å². The van der Waals surface area contributed by atoms with Gasteiger partial charge in [0.1, 0.15) is 0 Å². The second kappa shape index (κ2) is 18.7. The van der Waals surface area contributed by atoms with Crippen LogP contribution in [0.2, 0.25) is 0 Å². The zero-order valence-electron chi connectivity index (χ0n) is 17.9. The molecule has 0 aromatic heterocycles. The van der Waals surface area contributed by atoms with Gasteiger partial charge in [0.05, 0.1) is 0 Å². The molecule has 0 saturated heterocycles. The van der Waals surface area contributed by atoms with Gasteiger partial charge in [-0.1, -0.05) is 104 Å². The van der Waals surface area contributed by atoms with E-state index >= 15 is 0 Å². The van der Waals surface area contributed by atoms with Crippen molar-refractivity contribution in [2.24, 2.45) is 17.4 Å². The van der Waals surface area contributed by atoms with E-state index in [0.29, 0.717) is 12.1 Å². The van der Waals surface area contributed by atoms with E-state index in [0.717, 1.165) is 12.3 Å². The molecule has 3 aliphatic rings. The van der Waals surface area contributed by atoms with Gasteiger partial charge in [-0.25, -0.2) is 0 Å². The molecular formula is C23H50N2. The van der Waals surface area contributed by atoms with Crippen LogP contribution in [0.15, 0.2) is 0 Å². The first-order valence-corrected chi connectivity index (χ1v) is 11.7. The van der Waals surface area contributed by atoms with E-state index in [-0.39, 0.29) is 0 Å². The minimum Gasteiger partial charge on any atom is -0.328 e. The fourth-order valence-electron chi connectivity index (χ4n) is 4.04. The first-order chi connectivity index (χ1) is 12.2. The molecule has 3 rings (SSSR count). The molecule has 0 unspecified atom stereocenters. The largest absolute Gasteiger partial charge is 0.328 e. The van der Waals surface area contributed by atoms with Crippen LogP contribution in [0.4, 0.5) is 0 Å². The Bertz CT molecular complexity index is 231.